The van der Waals surface area contributed by atoms with Gasteiger partial charge in [0, 0.05) is 0 Å². The second-order valence-corrected chi connectivity index (χ2v) is 2.33. The molecular formula is C10H13. The normalized spacial score (nSPS) is 28.8. The minimum atomic E-state index is 1.06. The molecule has 0 aromatic carbocycles. The maximum atomic E-state index is 2.21. The smallest absolute Gasteiger partial charge is 0.0166 e. The van der Waals surface area contributed by atoms with Crippen LogP contribution in [0, 0.1) is 6.42 Å². The van der Waals surface area contributed by atoms with Crippen molar-refractivity contribution < 1.29 is 0 Å². The van der Waals surface area contributed by atoms with Gasteiger partial charge in [0.05, 0.1) is 0 Å². The van der Waals surface area contributed by atoms with Gasteiger partial charge in [0.25, 0.3) is 0 Å². The van der Waals surface area contributed by atoms with Crippen LogP contribution < -0.4 is 0 Å². The molecular weight excluding hydrogens is 120 g/mol. The van der Waals surface area contributed by atoms with E-state index in [1.807, 2.05) is 0 Å². The van der Waals surface area contributed by atoms with Gasteiger partial charge < -0.3 is 0 Å². The average Bonchev–Trinajstić information content (AvgIpc) is 2.01. The molecule has 1 aliphatic rings. The van der Waals surface area contributed by atoms with E-state index in [1.54, 1.807) is 0 Å². The third kappa shape index (κ3) is 3.29. The minimum absolute atomic E-state index is 1.06. The van der Waals surface area contributed by atoms with Crippen molar-refractivity contribution in [1.29, 1.82) is 0 Å². The first kappa shape index (κ1) is 7.33. The van der Waals surface area contributed by atoms with Crippen molar-refractivity contribution in [3.63, 3.8) is 0 Å². The summed E-state index contributed by atoms with van der Waals surface area (Å²) in [4.78, 5) is 0. The van der Waals surface area contributed by atoms with Crippen molar-refractivity contribution in [3.8, 4) is 0 Å². The Kier molecular flexibility index (Phi) is 3.69. The molecule has 53 valence electrons. The van der Waals surface area contributed by atoms with Crippen LogP contribution in [0.2, 0.25) is 0 Å². The standard InChI is InChI=1S/C10H13/c1-2-4-6-8-10-9-7-5-3-1/h1-4,7,9-10H,5-6,8H2/b3-1-,4-2+,9-7+. The molecule has 1 rings (SSSR count). The lowest BCUT2D eigenvalue weighted by Gasteiger charge is -1.90. The van der Waals surface area contributed by atoms with Gasteiger partial charge >= 0.3 is 0 Å². The zero-order valence-corrected chi connectivity index (χ0v) is 6.16. The summed E-state index contributed by atoms with van der Waals surface area (Å²) < 4.78 is 0. The Morgan fingerprint density at radius 1 is 0.700 bits per heavy atom. The van der Waals surface area contributed by atoms with Crippen molar-refractivity contribution in [1.82, 2.24) is 0 Å². The van der Waals surface area contributed by atoms with Crippen LogP contribution in [-0.2, 0) is 0 Å². The molecule has 0 aromatic heterocycles. The second-order valence-electron chi connectivity index (χ2n) is 2.33. The lowest BCUT2D eigenvalue weighted by molar-refractivity contribution is 1.00. The fourth-order valence-corrected chi connectivity index (χ4v) is 0.874. The van der Waals surface area contributed by atoms with E-state index in [9.17, 15) is 0 Å². The Morgan fingerprint density at radius 3 is 2.50 bits per heavy atom. The number of rotatable bonds is 0. The van der Waals surface area contributed by atoms with Gasteiger partial charge in [-0.15, -0.1) is 0 Å². The zero-order valence-electron chi connectivity index (χ0n) is 6.16. The third-order valence-corrected chi connectivity index (χ3v) is 1.43. The highest BCUT2D eigenvalue weighted by Gasteiger charge is 1.81. The molecule has 0 nitrogen and oxygen atoms in total. The average molecular weight is 133 g/mol. The van der Waals surface area contributed by atoms with Crippen LogP contribution in [0.15, 0.2) is 36.5 Å². The fraction of sp³-hybridized carbons (Fsp3) is 0.300. The van der Waals surface area contributed by atoms with E-state index in [4.69, 9.17) is 0 Å². The summed E-state index contributed by atoms with van der Waals surface area (Å²) in [7, 11) is 0. The quantitative estimate of drug-likeness (QED) is 0.476. The fourth-order valence-electron chi connectivity index (χ4n) is 0.874. The van der Waals surface area contributed by atoms with Crippen molar-refractivity contribution >= 4 is 0 Å². The second kappa shape index (κ2) is 5.04. The summed E-state index contributed by atoms with van der Waals surface area (Å²) in [5.74, 6) is 0. The maximum absolute atomic E-state index is 2.21. The lowest BCUT2D eigenvalue weighted by atomic mass is 10.2. The summed E-state index contributed by atoms with van der Waals surface area (Å²) in [5, 5.41) is 0. The van der Waals surface area contributed by atoms with E-state index in [2.05, 4.69) is 42.9 Å². The molecule has 0 heterocycles. The summed E-state index contributed by atoms with van der Waals surface area (Å²) in [6.07, 6.45) is 18.5. The molecule has 0 spiro atoms. The molecule has 0 aromatic rings. The molecule has 1 aliphatic carbocycles. The molecule has 0 saturated heterocycles. The molecule has 10 heavy (non-hydrogen) atoms. The highest BCUT2D eigenvalue weighted by molar-refractivity contribution is 5.08. The molecule has 0 N–H and O–H groups in total. The van der Waals surface area contributed by atoms with Crippen LogP contribution >= 0.6 is 0 Å². The van der Waals surface area contributed by atoms with Crippen molar-refractivity contribution in [2.45, 2.75) is 19.3 Å². The van der Waals surface area contributed by atoms with Crippen molar-refractivity contribution in [3.05, 3.63) is 42.9 Å². The van der Waals surface area contributed by atoms with Crippen LogP contribution in [0.3, 0.4) is 0 Å². The lowest BCUT2D eigenvalue weighted by Crippen LogP contribution is -1.71. The van der Waals surface area contributed by atoms with Crippen LogP contribution in [0.5, 0.6) is 0 Å². The highest BCUT2D eigenvalue weighted by Crippen LogP contribution is 2.00. The molecule has 0 fully saturated rings. The van der Waals surface area contributed by atoms with Gasteiger partial charge in [-0.25, -0.2) is 0 Å². The molecule has 1 radical (unpaired) electrons. The molecule has 0 unspecified atom stereocenters. The van der Waals surface area contributed by atoms with Gasteiger partial charge in [-0.2, -0.15) is 0 Å². The van der Waals surface area contributed by atoms with Crippen LogP contribution in [0.1, 0.15) is 19.3 Å². The minimum Gasteiger partial charge on any atom is -0.0845 e. The van der Waals surface area contributed by atoms with Gasteiger partial charge in [-0.05, 0) is 25.7 Å². The van der Waals surface area contributed by atoms with Crippen LogP contribution in [-0.4, -0.2) is 0 Å². The van der Waals surface area contributed by atoms with Gasteiger partial charge in [-0.1, -0.05) is 36.5 Å². The Morgan fingerprint density at radius 2 is 1.50 bits per heavy atom. The number of hydrogen-bond donors (Lipinski definition) is 0. The first-order valence-corrected chi connectivity index (χ1v) is 3.80. The number of allylic oxidation sites excluding steroid dienone is 6. The molecule has 0 amide bonds. The molecule has 0 aliphatic heterocycles. The highest BCUT2D eigenvalue weighted by atomic mass is 13.9. The van der Waals surface area contributed by atoms with E-state index in [0.29, 0.717) is 0 Å². The maximum Gasteiger partial charge on any atom is -0.0166 e. The van der Waals surface area contributed by atoms with E-state index in [0.717, 1.165) is 12.8 Å². The SMILES string of the molecule is [CH]1/C=C/C/C=C\C=C\CC1. The Labute approximate surface area is 62.9 Å². The monoisotopic (exact) mass is 133 g/mol. The zero-order chi connectivity index (χ0) is 7.07. The summed E-state index contributed by atoms with van der Waals surface area (Å²) >= 11 is 0. The molecule has 0 heteroatoms. The van der Waals surface area contributed by atoms with Crippen molar-refractivity contribution in [2.24, 2.45) is 0 Å². The van der Waals surface area contributed by atoms with Gasteiger partial charge in [-0.3, -0.25) is 0 Å². The topological polar surface area (TPSA) is 0 Å². The third-order valence-electron chi connectivity index (χ3n) is 1.43. The van der Waals surface area contributed by atoms with E-state index in [-0.39, 0.29) is 0 Å². The predicted octanol–water partition coefficient (Wildman–Crippen LogP) is 3.04. The van der Waals surface area contributed by atoms with E-state index in [1.165, 1.54) is 6.42 Å². The molecule has 0 atom stereocenters. The van der Waals surface area contributed by atoms with Gasteiger partial charge in [0.1, 0.15) is 0 Å². The summed E-state index contributed by atoms with van der Waals surface area (Å²) in [5.41, 5.74) is 0. The van der Waals surface area contributed by atoms with Crippen LogP contribution in [0.4, 0.5) is 0 Å². The Hall–Kier alpha value is -0.780. The number of hydrogen-bond acceptors (Lipinski definition) is 0. The summed E-state index contributed by atoms with van der Waals surface area (Å²) in [6, 6.07) is 0. The van der Waals surface area contributed by atoms with Gasteiger partial charge in [0.2, 0.25) is 0 Å². The van der Waals surface area contributed by atoms with E-state index < -0.39 is 0 Å². The Balaban J connectivity index is 2.38. The first-order valence-electron chi connectivity index (χ1n) is 3.80. The first-order chi connectivity index (χ1) is 5.00. The van der Waals surface area contributed by atoms with Crippen molar-refractivity contribution in [2.75, 3.05) is 0 Å². The predicted molar refractivity (Wildman–Crippen MR) is 45.6 cm³/mol. The Bertz CT molecular complexity index is 149. The summed E-state index contributed by atoms with van der Waals surface area (Å²) in [6.45, 7) is 0. The van der Waals surface area contributed by atoms with E-state index >= 15 is 0 Å². The largest absolute Gasteiger partial charge is 0.0845 e. The molecule has 0 saturated carbocycles. The molecule has 0 bridgehead atoms. The van der Waals surface area contributed by atoms with Crippen LogP contribution in [0.25, 0.3) is 0 Å². The van der Waals surface area contributed by atoms with Gasteiger partial charge in [0.15, 0.2) is 0 Å².